The molecule has 5 nitrogen and oxygen atoms in total. The van der Waals surface area contributed by atoms with E-state index in [0.29, 0.717) is 0 Å². The number of epoxide rings is 2. The van der Waals surface area contributed by atoms with E-state index >= 15 is 0 Å². The molecule has 7 heteroatoms. The molecule has 0 amide bonds. The topological polar surface area (TPSA) is 68.4 Å². The minimum atomic E-state index is -0.556. The zero-order valence-electron chi connectivity index (χ0n) is 19.7. The highest BCUT2D eigenvalue weighted by atomic mass is 19.1. The first-order valence-corrected chi connectivity index (χ1v) is 10.9. The van der Waals surface area contributed by atoms with Gasteiger partial charge in [0.05, 0.1) is 0 Å². The maximum Gasteiger partial charge on any atom is 0.338 e. The van der Waals surface area contributed by atoms with Gasteiger partial charge in [0.15, 0.2) is 11.9 Å². The fourth-order valence-electron chi connectivity index (χ4n) is 3.20. The Morgan fingerprint density at radius 2 is 1.12 bits per heavy atom. The van der Waals surface area contributed by atoms with Gasteiger partial charge < -0.3 is 14.2 Å². The SMILES string of the molecule is CC(C)(C)C(=O)C1OC1c1ccc(F)cc1.CC(C)(C)OC(=O)C1OC1c1ccc(F)cc1. The van der Waals surface area contributed by atoms with E-state index in [1.807, 2.05) is 20.8 Å². The van der Waals surface area contributed by atoms with Crippen LogP contribution in [0, 0.1) is 17.0 Å². The van der Waals surface area contributed by atoms with Crippen molar-refractivity contribution < 1.29 is 32.6 Å². The third-order valence-corrected chi connectivity index (χ3v) is 5.02. The summed E-state index contributed by atoms with van der Waals surface area (Å²) in [5.41, 5.74) is 0.752. The molecule has 2 aromatic rings. The Morgan fingerprint density at radius 3 is 1.52 bits per heavy atom. The Hall–Kier alpha value is -2.64. The standard InChI is InChI=1S/C13H15FO3.C13H15FO2/c1-13(2,3)17-12(15)11-10(16-11)8-4-6-9(14)7-5-8;1-13(2,3)12(15)11-10(16-11)8-4-6-9(14)7-5-8/h4-7,10-11H,1-3H3;4-7,10-11H,1-3H3. The van der Waals surface area contributed by atoms with Gasteiger partial charge in [0.25, 0.3) is 0 Å². The minimum Gasteiger partial charge on any atom is -0.458 e. The molecule has 178 valence electrons. The lowest BCUT2D eigenvalue weighted by atomic mass is 9.87. The molecule has 2 aliphatic rings. The van der Waals surface area contributed by atoms with Crippen LogP contribution in [0.5, 0.6) is 0 Å². The summed E-state index contributed by atoms with van der Waals surface area (Å²) in [5.74, 6) is -0.847. The maximum atomic E-state index is 12.7. The van der Waals surface area contributed by atoms with Crippen molar-refractivity contribution in [2.75, 3.05) is 0 Å². The van der Waals surface area contributed by atoms with Crippen LogP contribution in [0.25, 0.3) is 0 Å². The van der Waals surface area contributed by atoms with E-state index in [9.17, 15) is 18.4 Å². The molecule has 2 aromatic carbocycles. The van der Waals surface area contributed by atoms with E-state index in [0.717, 1.165) is 11.1 Å². The Bertz CT molecular complexity index is 987. The van der Waals surface area contributed by atoms with Crippen LogP contribution in [0.4, 0.5) is 8.78 Å². The highest BCUT2D eigenvalue weighted by Crippen LogP contribution is 2.42. The van der Waals surface area contributed by atoms with E-state index in [1.54, 1.807) is 45.0 Å². The van der Waals surface area contributed by atoms with Gasteiger partial charge >= 0.3 is 5.97 Å². The molecule has 0 spiro atoms. The fourth-order valence-corrected chi connectivity index (χ4v) is 3.20. The van der Waals surface area contributed by atoms with Gasteiger partial charge in [-0.1, -0.05) is 45.0 Å². The van der Waals surface area contributed by atoms with Crippen LogP contribution in [-0.2, 0) is 23.8 Å². The summed E-state index contributed by atoms with van der Waals surface area (Å²) in [5, 5.41) is 0. The number of esters is 1. The van der Waals surface area contributed by atoms with Crippen molar-refractivity contribution >= 4 is 11.8 Å². The molecule has 0 bridgehead atoms. The molecule has 33 heavy (non-hydrogen) atoms. The molecular formula is C26H30F2O5. The number of Topliss-reactive ketones (excluding diaryl/α,β-unsaturated/α-hetero) is 1. The van der Waals surface area contributed by atoms with Crippen molar-refractivity contribution in [3.63, 3.8) is 0 Å². The predicted molar refractivity (Wildman–Crippen MR) is 118 cm³/mol. The van der Waals surface area contributed by atoms with Gasteiger partial charge in [0.1, 0.15) is 35.5 Å². The van der Waals surface area contributed by atoms with E-state index in [-0.39, 0.29) is 47.1 Å². The number of hydrogen-bond donors (Lipinski definition) is 0. The number of benzene rings is 2. The van der Waals surface area contributed by atoms with Gasteiger partial charge in [-0.15, -0.1) is 0 Å². The smallest absolute Gasteiger partial charge is 0.338 e. The molecule has 2 heterocycles. The van der Waals surface area contributed by atoms with Crippen LogP contribution in [0.2, 0.25) is 0 Å². The Balaban J connectivity index is 0.000000186. The molecule has 0 aromatic heterocycles. The first kappa shape index (κ1) is 25.0. The number of ether oxygens (including phenoxy) is 3. The van der Waals surface area contributed by atoms with Crippen molar-refractivity contribution in [1.82, 2.24) is 0 Å². The van der Waals surface area contributed by atoms with Crippen LogP contribution >= 0.6 is 0 Å². The first-order chi connectivity index (χ1) is 15.3. The van der Waals surface area contributed by atoms with Crippen molar-refractivity contribution in [3.8, 4) is 0 Å². The summed E-state index contributed by atoms with van der Waals surface area (Å²) in [4.78, 5) is 23.5. The number of carbonyl (C=O) groups excluding carboxylic acids is 2. The fraction of sp³-hybridized carbons (Fsp3) is 0.462. The summed E-state index contributed by atoms with van der Waals surface area (Å²) >= 11 is 0. The summed E-state index contributed by atoms with van der Waals surface area (Å²) in [6.45, 7) is 11.0. The number of carbonyl (C=O) groups is 2. The van der Waals surface area contributed by atoms with Crippen LogP contribution < -0.4 is 0 Å². The van der Waals surface area contributed by atoms with E-state index in [4.69, 9.17) is 14.2 Å². The lowest BCUT2D eigenvalue weighted by Gasteiger charge is -2.18. The average Bonchev–Trinajstić information content (AvgIpc) is 3.60. The van der Waals surface area contributed by atoms with Gasteiger partial charge in [0, 0.05) is 5.41 Å². The lowest BCUT2D eigenvalue weighted by molar-refractivity contribution is -0.156. The van der Waals surface area contributed by atoms with E-state index < -0.39 is 11.7 Å². The summed E-state index contributed by atoms with van der Waals surface area (Å²) in [7, 11) is 0. The third kappa shape index (κ3) is 6.92. The summed E-state index contributed by atoms with van der Waals surface area (Å²) in [6.07, 6.45) is -1.40. The van der Waals surface area contributed by atoms with E-state index in [1.165, 1.54) is 24.3 Å². The zero-order chi connectivity index (χ0) is 24.6. The van der Waals surface area contributed by atoms with Gasteiger partial charge in [0.2, 0.25) is 0 Å². The molecule has 0 N–H and O–H groups in total. The third-order valence-electron chi connectivity index (χ3n) is 5.02. The van der Waals surface area contributed by atoms with Gasteiger partial charge in [-0.2, -0.15) is 0 Å². The number of halogens is 2. The molecule has 4 unspecified atom stereocenters. The Labute approximate surface area is 193 Å². The van der Waals surface area contributed by atoms with Gasteiger partial charge in [-0.25, -0.2) is 13.6 Å². The molecular weight excluding hydrogens is 430 g/mol. The van der Waals surface area contributed by atoms with Gasteiger partial charge in [-0.05, 0) is 56.2 Å². The molecule has 4 rings (SSSR count). The molecule has 0 radical (unpaired) electrons. The second-order valence-electron chi connectivity index (χ2n) is 10.2. The normalized spacial score (nSPS) is 23.8. The minimum absolute atomic E-state index is 0.0989. The van der Waals surface area contributed by atoms with Crippen LogP contribution in [0.3, 0.4) is 0 Å². The number of rotatable bonds is 4. The number of ketones is 1. The Morgan fingerprint density at radius 1 is 0.727 bits per heavy atom. The predicted octanol–water partition coefficient (Wildman–Crippen LogP) is 5.49. The largest absolute Gasteiger partial charge is 0.458 e. The highest BCUT2D eigenvalue weighted by molar-refractivity contribution is 5.90. The monoisotopic (exact) mass is 460 g/mol. The van der Waals surface area contributed by atoms with Crippen molar-refractivity contribution in [1.29, 1.82) is 0 Å². The molecule has 2 saturated heterocycles. The second kappa shape index (κ2) is 9.31. The molecule has 2 aliphatic heterocycles. The van der Waals surface area contributed by atoms with Crippen molar-refractivity contribution in [2.24, 2.45) is 5.41 Å². The summed E-state index contributed by atoms with van der Waals surface area (Å²) < 4.78 is 41.2. The maximum absolute atomic E-state index is 12.7. The molecule has 4 atom stereocenters. The van der Waals surface area contributed by atoms with Crippen LogP contribution in [0.15, 0.2) is 48.5 Å². The zero-order valence-corrected chi connectivity index (χ0v) is 19.7. The quantitative estimate of drug-likeness (QED) is 0.446. The van der Waals surface area contributed by atoms with Crippen molar-refractivity contribution in [3.05, 3.63) is 71.3 Å². The Kier molecular flexibility index (Phi) is 7.05. The summed E-state index contributed by atoms with van der Waals surface area (Å²) in [6, 6.07) is 12.0. The average molecular weight is 461 g/mol. The van der Waals surface area contributed by atoms with Crippen LogP contribution in [0.1, 0.15) is 64.9 Å². The lowest BCUT2D eigenvalue weighted by Crippen LogP contribution is -2.26. The molecule has 0 saturated carbocycles. The molecule has 0 aliphatic carbocycles. The van der Waals surface area contributed by atoms with Crippen LogP contribution in [-0.4, -0.2) is 29.6 Å². The first-order valence-electron chi connectivity index (χ1n) is 10.9. The van der Waals surface area contributed by atoms with E-state index in [2.05, 4.69) is 0 Å². The second-order valence-corrected chi connectivity index (χ2v) is 10.2. The molecule has 2 fully saturated rings. The highest BCUT2D eigenvalue weighted by Gasteiger charge is 2.49. The number of hydrogen-bond acceptors (Lipinski definition) is 5. The van der Waals surface area contributed by atoms with Gasteiger partial charge in [-0.3, -0.25) is 4.79 Å². The van der Waals surface area contributed by atoms with Crippen molar-refractivity contribution in [2.45, 2.75) is 71.6 Å².